The summed E-state index contributed by atoms with van der Waals surface area (Å²) in [5.41, 5.74) is 1.16. The fraction of sp³-hybridized carbons (Fsp3) is 0.615. The van der Waals surface area contributed by atoms with E-state index in [0.29, 0.717) is 6.54 Å². The molecule has 0 bridgehead atoms. The third kappa shape index (κ3) is 4.31. The topological polar surface area (TPSA) is 44.4 Å². The van der Waals surface area contributed by atoms with Crippen LogP contribution in [0.4, 0.5) is 4.79 Å². The molecule has 1 aliphatic rings. The van der Waals surface area contributed by atoms with Gasteiger partial charge in [-0.2, -0.15) is 11.3 Å². The number of hydrogen-bond donors (Lipinski definition) is 2. The van der Waals surface area contributed by atoms with Gasteiger partial charge >= 0.3 is 6.03 Å². The van der Waals surface area contributed by atoms with Crippen molar-refractivity contribution in [2.45, 2.75) is 32.4 Å². The molecule has 1 aromatic heterocycles. The number of carbonyl (C=O) groups is 1. The zero-order valence-corrected chi connectivity index (χ0v) is 11.6. The molecule has 2 rings (SSSR count). The van der Waals surface area contributed by atoms with Crippen LogP contribution in [0.2, 0.25) is 0 Å². The van der Waals surface area contributed by atoms with Crippen LogP contribution in [0.3, 0.4) is 0 Å². The van der Waals surface area contributed by atoms with E-state index in [1.165, 1.54) is 12.8 Å². The average Bonchev–Trinajstić information content (AvgIpc) is 3.08. The Bertz CT molecular complexity index is 362. The van der Waals surface area contributed by atoms with Crippen LogP contribution < -0.4 is 10.6 Å². The SMILES string of the molecule is CCN(CCNC(=O)NCc1ccsc1)C1CC1. The minimum atomic E-state index is -0.0759. The quantitative estimate of drug-likeness (QED) is 0.794. The van der Waals surface area contributed by atoms with Crippen molar-refractivity contribution in [1.29, 1.82) is 0 Å². The number of amides is 2. The molecule has 0 unspecified atom stereocenters. The summed E-state index contributed by atoms with van der Waals surface area (Å²) < 4.78 is 0. The number of nitrogens with one attached hydrogen (secondary N) is 2. The molecule has 4 nitrogen and oxygen atoms in total. The highest BCUT2D eigenvalue weighted by Gasteiger charge is 2.27. The maximum Gasteiger partial charge on any atom is 0.315 e. The molecule has 2 amide bonds. The van der Waals surface area contributed by atoms with Gasteiger partial charge in [0.2, 0.25) is 0 Å². The second-order valence-corrected chi connectivity index (χ2v) is 5.38. The molecule has 100 valence electrons. The van der Waals surface area contributed by atoms with Crippen molar-refractivity contribution in [2.24, 2.45) is 0 Å². The standard InChI is InChI=1S/C13H21N3OS/c1-2-16(12-3-4-12)7-6-14-13(17)15-9-11-5-8-18-10-11/h5,8,10,12H,2-4,6-7,9H2,1H3,(H2,14,15,17). The molecule has 0 radical (unpaired) electrons. The first-order valence-corrected chi connectivity index (χ1v) is 7.50. The largest absolute Gasteiger partial charge is 0.337 e. The lowest BCUT2D eigenvalue weighted by Crippen LogP contribution is -2.40. The van der Waals surface area contributed by atoms with Crippen molar-refractivity contribution >= 4 is 17.4 Å². The summed E-state index contributed by atoms with van der Waals surface area (Å²) in [7, 11) is 0. The maximum atomic E-state index is 11.6. The van der Waals surface area contributed by atoms with Crippen LogP contribution in [-0.2, 0) is 6.54 Å². The molecular weight excluding hydrogens is 246 g/mol. The summed E-state index contributed by atoms with van der Waals surface area (Å²) >= 11 is 1.65. The van der Waals surface area contributed by atoms with Gasteiger partial charge < -0.3 is 10.6 Å². The van der Waals surface area contributed by atoms with Gasteiger partial charge in [0, 0.05) is 25.7 Å². The van der Waals surface area contributed by atoms with Gasteiger partial charge in [0.05, 0.1) is 0 Å². The monoisotopic (exact) mass is 267 g/mol. The fourth-order valence-electron chi connectivity index (χ4n) is 1.99. The van der Waals surface area contributed by atoms with Crippen LogP contribution >= 0.6 is 11.3 Å². The van der Waals surface area contributed by atoms with Crippen LogP contribution in [0, 0.1) is 0 Å². The number of hydrogen-bond acceptors (Lipinski definition) is 3. The number of rotatable bonds is 7. The van der Waals surface area contributed by atoms with Gasteiger partial charge in [0.1, 0.15) is 0 Å². The van der Waals surface area contributed by atoms with Gasteiger partial charge in [-0.25, -0.2) is 4.79 Å². The van der Waals surface area contributed by atoms with Crippen molar-refractivity contribution in [3.63, 3.8) is 0 Å². The van der Waals surface area contributed by atoms with E-state index in [2.05, 4.69) is 22.5 Å². The number of likely N-dealkylation sites (N-methyl/N-ethyl adjacent to an activating group) is 1. The summed E-state index contributed by atoms with van der Waals surface area (Å²) in [6.07, 6.45) is 2.64. The van der Waals surface area contributed by atoms with Crippen molar-refractivity contribution in [2.75, 3.05) is 19.6 Å². The van der Waals surface area contributed by atoms with E-state index in [0.717, 1.165) is 31.2 Å². The number of urea groups is 1. The van der Waals surface area contributed by atoms with E-state index in [1.807, 2.05) is 16.8 Å². The summed E-state index contributed by atoms with van der Waals surface area (Å²) in [6.45, 7) is 5.53. The molecule has 0 saturated heterocycles. The van der Waals surface area contributed by atoms with Gasteiger partial charge in [-0.3, -0.25) is 4.90 Å². The van der Waals surface area contributed by atoms with Gasteiger partial charge in [0.15, 0.2) is 0 Å². The lowest BCUT2D eigenvalue weighted by Gasteiger charge is -2.19. The highest BCUT2D eigenvalue weighted by atomic mass is 32.1. The molecule has 2 N–H and O–H groups in total. The summed E-state index contributed by atoms with van der Waals surface area (Å²) in [5, 5.41) is 9.83. The third-order valence-electron chi connectivity index (χ3n) is 3.19. The second-order valence-electron chi connectivity index (χ2n) is 4.60. The molecule has 0 spiro atoms. The van der Waals surface area contributed by atoms with Gasteiger partial charge in [0.25, 0.3) is 0 Å². The zero-order chi connectivity index (χ0) is 12.8. The molecule has 1 heterocycles. The number of carbonyl (C=O) groups excluding carboxylic acids is 1. The fourth-order valence-corrected chi connectivity index (χ4v) is 2.66. The van der Waals surface area contributed by atoms with E-state index in [9.17, 15) is 4.79 Å². The molecular formula is C13H21N3OS. The van der Waals surface area contributed by atoms with Crippen LogP contribution in [0.15, 0.2) is 16.8 Å². The van der Waals surface area contributed by atoms with Gasteiger partial charge in [-0.05, 0) is 41.8 Å². The molecule has 0 aliphatic heterocycles. The van der Waals surface area contributed by atoms with Crippen LogP contribution in [0.5, 0.6) is 0 Å². The number of thiophene rings is 1. The van der Waals surface area contributed by atoms with Gasteiger partial charge in [-0.1, -0.05) is 6.92 Å². The van der Waals surface area contributed by atoms with Gasteiger partial charge in [-0.15, -0.1) is 0 Å². The smallest absolute Gasteiger partial charge is 0.315 e. The zero-order valence-electron chi connectivity index (χ0n) is 10.8. The predicted octanol–water partition coefficient (Wildman–Crippen LogP) is 2.03. The molecule has 5 heteroatoms. The Labute approximate surface area is 112 Å². The Hall–Kier alpha value is -1.07. The van der Waals surface area contributed by atoms with Crippen molar-refractivity contribution in [3.05, 3.63) is 22.4 Å². The van der Waals surface area contributed by atoms with E-state index >= 15 is 0 Å². The average molecular weight is 267 g/mol. The maximum absolute atomic E-state index is 11.6. The Balaban J connectivity index is 1.56. The van der Waals surface area contributed by atoms with E-state index in [4.69, 9.17) is 0 Å². The Morgan fingerprint density at radius 1 is 1.50 bits per heavy atom. The molecule has 1 aliphatic carbocycles. The summed E-state index contributed by atoms with van der Waals surface area (Å²) in [4.78, 5) is 14.0. The Morgan fingerprint density at radius 3 is 2.94 bits per heavy atom. The molecule has 1 fully saturated rings. The molecule has 0 aromatic carbocycles. The Kier molecular flexibility index (Phi) is 5.01. The van der Waals surface area contributed by atoms with Crippen molar-refractivity contribution in [3.8, 4) is 0 Å². The third-order valence-corrected chi connectivity index (χ3v) is 3.92. The Morgan fingerprint density at radius 2 is 2.33 bits per heavy atom. The molecule has 0 atom stereocenters. The van der Waals surface area contributed by atoms with E-state index < -0.39 is 0 Å². The van der Waals surface area contributed by atoms with Crippen LogP contribution in [-0.4, -0.2) is 36.6 Å². The first-order chi connectivity index (χ1) is 8.79. The highest BCUT2D eigenvalue weighted by molar-refractivity contribution is 7.07. The number of nitrogens with zero attached hydrogens (tertiary/aromatic N) is 1. The molecule has 18 heavy (non-hydrogen) atoms. The lowest BCUT2D eigenvalue weighted by atomic mass is 10.3. The van der Waals surface area contributed by atoms with Crippen LogP contribution in [0.25, 0.3) is 0 Å². The summed E-state index contributed by atoms with van der Waals surface area (Å²) in [5.74, 6) is 0. The van der Waals surface area contributed by atoms with E-state index in [1.54, 1.807) is 11.3 Å². The molecule has 1 saturated carbocycles. The minimum absolute atomic E-state index is 0.0759. The van der Waals surface area contributed by atoms with Crippen LogP contribution in [0.1, 0.15) is 25.3 Å². The first kappa shape index (κ1) is 13.4. The molecule has 1 aromatic rings. The first-order valence-electron chi connectivity index (χ1n) is 6.56. The minimum Gasteiger partial charge on any atom is -0.337 e. The van der Waals surface area contributed by atoms with Crippen molar-refractivity contribution in [1.82, 2.24) is 15.5 Å². The van der Waals surface area contributed by atoms with E-state index in [-0.39, 0.29) is 6.03 Å². The lowest BCUT2D eigenvalue weighted by molar-refractivity contribution is 0.234. The van der Waals surface area contributed by atoms with Crippen molar-refractivity contribution < 1.29 is 4.79 Å². The second kappa shape index (κ2) is 6.75. The highest BCUT2D eigenvalue weighted by Crippen LogP contribution is 2.25. The predicted molar refractivity (Wildman–Crippen MR) is 74.8 cm³/mol. The summed E-state index contributed by atoms with van der Waals surface area (Å²) in [6, 6.07) is 2.72. The normalized spacial score (nSPS) is 14.8.